The molecule has 2 N–H and O–H groups in total. The Morgan fingerprint density at radius 3 is 2.53 bits per heavy atom. The molecule has 1 aromatic rings. The second kappa shape index (κ2) is 5.86. The lowest BCUT2D eigenvalue weighted by Crippen LogP contribution is -2.50. The van der Waals surface area contributed by atoms with Gasteiger partial charge in [-0.1, -0.05) is 0 Å². The Labute approximate surface area is 114 Å². The number of anilines is 1. The van der Waals surface area contributed by atoms with E-state index in [0.29, 0.717) is 6.54 Å². The summed E-state index contributed by atoms with van der Waals surface area (Å²) in [5.74, 6) is 0.925. The lowest BCUT2D eigenvalue weighted by Gasteiger charge is -2.37. The second-order valence-corrected chi connectivity index (χ2v) is 5.76. The van der Waals surface area contributed by atoms with Crippen LogP contribution in [-0.2, 0) is 6.61 Å². The van der Waals surface area contributed by atoms with Crippen molar-refractivity contribution in [1.82, 2.24) is 9.88 Å². The topological polar surface area (TPSA) is 59.8 Å². The molecular weight excluding hydrogens is 242 g/mol. The molecule has 2 rings (SSSR count). The lowest BCUT2D eigenvalue weighted by atomic mass is 10.1. The van der Waals surface area contributed by atoms with Crippen LogP contribution < -0.4 is 4.90 Å². The highest BCUT2D eigenvalue weighted by molar-refractivity contribution is 5.41. The van der Waals surface area contributed by atoms with Crippen LogP contribution >= 0.6 is 0 Å². The van der Waals surface area contributed by atoms with Crippen molar-refractivity contribution in [2.75, 3.05) is 37.6 Å². The van der Waals surface area contributed by atoms with Crippen LogP contribution in [0.5, 0.6) is 0 Å². The quantitative estimate of drug-likeness (QED) is 0.828. The highest BCUT2D eigenvalue weighted by Gasteiger charge is 2.23. The minimum Gasteiger partial charge on any atom is -0.392 e. The van der Waals surface area contributed by atoms with Gasteiger partial charge in [0.15, 0.2) is 0 Å². The van der Waals surface area contributed by atoms with Gasteiger partial charge in [-0.2, -0.15) is 0 Å². The number of hydrogen-bond acceptors (Lipinski definition) is 5. The molecule has 0 bridgehead atoms. The van der Waals surface area contributed by atoms with Crippen molar-refractivity contribution < 1.29 is 10.2 Å². The van der Waals surface area contributed by atoms with Gasteiger partial charge in [-0.05, 0) is 31.5 Å². The first-order chi connectivity index (χ1) is 8.98. The fraction of sp³-hybridized carbons (Fsp3) is 0.643. The Hall–Kier alpha value is -1.17. The fourth-order valence-electron chi connectivity index (χ4n) is 2.41. The van der Waals surface area contributed by atoms with Crippen molar-refractivity contribution in [2.45, 2.75) is 26.1 Å². The Kier molecular flexibility index (Phi) is 4.39. The molecule has 5 nitrogen and oxygen atoms in total. The molecule has 5 heteroatoms. The van der Waals surface area contributed by atoms with Crippen molar-refractivity contribution in [3.05, 3.63) is 23.9 Å². The first-order valence-electron chi connectivity index (χ1n) is 6.73. The van der Waals surface area contributed by atoms with E-state index in [2.05, 4.69) is 14.8 Å². The summed E-state index contributed by atoms with van der Waals surface area (Å²) in [6.07, 6.45) is 1.74. The van der Waals surface area contributed by atoms with E-state index >= 15 is 0 Å². The highest BCUT2D eigenvalue weighted by Crippen LogP contribution is 2.16. The molecule has 106 valence electrons. The van der Waals surface area contributed by atoms with Gasteiger partial charge in [-0.15, -0.1) is 0 Å². The molecule has 0 spiro atoms. The largest absolute Gasteiger partial charge is 0.392 e. The maximum Gasteiger partial charge on any atom is 0.128 e. The lowest BCUT2D eigenvalue weighted by molar-refractivity contribution is 0.0344. The average Bonchev–Trinajstić information content (AvgIpc) is 2.38. The van der Waals surface area contributed by atoms with Crippen molar-refractivity contribution in [1.29, 1.82) is 0 Å². The summed E-state index contributed by atoms with van der Waals surface area (Å²) < 4.78 is 0. The predicted molar refractivity (Wildman–Crippen MR) is 75.1 cm³/mol. The molecule has 0 radical (unpaired) electrons. The molecule has 0 atom stereocenters. The number of aliphatic hydroxyl groups excluding tert-OH is 1. The van der Waals surface area contributed by atoms with Gasteiger partial charge in [-0.25, -0.2) is 4.98 Å². The fourth-order valence-corrected chi connectivity index (χ4v) is 2.41. The van der Waals surface area contributed by atoms with Crippen LogP contribution in [0.4, 0.5) is 5.82 Å². The maximum atomic E-state index is 9.83. The SMILES string of the molecule is CC(C)(O)CN1CCN(c2cc(CO)ccn2)CC1. The zero-order valence-corrected chi connectivity index (χ0v) is 11.7. The predicted octanol–water partition coefficient (Wildman–Crippen LogP) is 0.467. The van der Waals surface area contributed by atoms with Gasteiger partial charge in [0.1, 0.15) is 5.82 Å². The minimum absolute atomic E-state index is 0.0498. The van der Waals surface area contributed by atoms with Crippen LogP contribution in [0.2, 0.25) is 0 Å². The van der Waals surface area contributed by atoms with Gasteiger partial charge in [0.05, 0.1) is 12.2 Å². The van der Waals surface area contributed by atoms with E-state index in [1.165, 1.54) is 0 Å². The van der Waals surface area contributed by atoms with E-state index < -0.39 is 5.60 Å². The maximum absolute atomic E-state index is 9.83. The number of rotatable bonds is 4. The second-order valence-electron chi connectivity index (χ2n) is 5.76. The molecule has 2 heterocycles. The normalized spacial score (nSPS) is 17.8. The number of aliphatic hydroxyl groups is 2. The number of pyridine rings is 1. The molecule has 1 aliphatic heterocycles. The molecule has 0 aliphatic carbocycles. The van der Waals surface area contributed by atoms with E-state index in [1.807, 2.05) is 26.0 Å². The number of nitrogens with zero attached hydrogens (tertiary/aromatic N) is 3. The summed E-state index contributed by atoms with van der Waals surface area (Å²) in [6.45, 7) is 8.08. The van der Waals surface area contributed by atoms with Crippen molar-refractivity contribution in [2.24, 2.45) is 0 Å². The number of hydrogen-bond donors (Lipinski definition) is 2. The van der Waals surface area contributed by atoms with E-state index in [9.17, 15) is 5.11 Å². The average molecular weight is 265 g/mol. The van der Waals surface area contributed by atoms with E-state index in [-0.39, 0.29) is 6.61 Å². The Morgan fingerprint density at radius 2 is 1.95 bits per heavy atom. The van der Waals surface area contributed by atoms with Gasteiger partial charge in [0.25, 0.3) is 0 Å². The van der Waals surface area contributed by atoms with Crippen LogP contribution in [-0.4, -0.2) is 58.4 Å². The Bertz CT molecular complexity index is 409. The Morgan fingerprint density at radius 1 is 1.26 bits per heavy atom. The molecule has 1 aromatic heterocycles. The van der Waals surface area contributed by atoms with Crippen LogP contribution in [0.1, 0.15) is 19.4 Å². The van der Waals surface area contributed by atoms with Gasteiger partial charge in [-0.3, -0.25) is 4.90 Å². The third-order valence-corrected chi connectivity index (χ3v) is 3.30. The van der Waals surface area contributed by atoms with Crippen LogP contribution in [0, 0.1) is 0 Å². The smallest absolute Gasteiger partial charge is 0.128 e. The molecule has 0 unspecified atom stereocenters. The van der Waals surface area contributed by atoms with Crippen LogP contribution in [0.3, 0.4) is 0 Å². The van der Waals surface area contributed by atoms with E-state index in [1.54, 1.807) is 6.20 Å². The monoisotopic (exact) mass is 265 g/mol. The zero-order valence-electron chi connectivity index (χ0n) is 11.7. The Balaban J connectivity index is 1.92. The van der Waals surface area contributed by atoms with Gasteiger partial charge in [0, 0.05) is 38.9 Å². The minimum atomic E-state index is -0.642. The summed E-state index contributed by atoms with van der Waals surface area (Å²) in [5.41, 5.74) is 0.251. The third kappa shape index (κ3) is 4.16. The molecule has 0 saturated carbocycles. The molecule has 19 heavy (non-hydrogen) atoms. The van der Waals surface area contributed by atoms with Crippen molar-refractivity contribution >= 4 is 5.82 Å². The summed E-state index contributed by atoms with van der Waals surface area (Å²) in [7, 11) is 0. The van der Waals surface area contributed by atoms with Crippen LogP contribution in [0.25, 0.3) is 0 Å². The first kappa shape index (κ1) is 14.2. The zero-order chi connectivity index (χ0) is 13.9. The van der Waals surface area contributed by atoms with Crippen molar-refractivity contribution in [3.63, 3.8) is 0 Å². The molecule has 0 amide bonds. The molecular formula is C14H23N3O2. The van der Waals surface area contributed by atoms with Crippen LogP contribution in [0.15, 0.2) is 18.3 Å². The summed E-state index contributed by atoms with van der Waals surface area (Å²) in [6, 6.07) is 3.76. The number of aromatic nitrogens is 1. The van der Waals surface area contributed by atoms with Gasteiger partial charge >= 0.3 is 0 Å². The van der Waals surface area contributed by atoms with Crippen molar-refractivity contribution in [3.8, 4) is 0 Å². The highest BCUT2D eigenvalue weighted by atomic mass is 16.3. The summed E-state index contributed by atoms with van der Waals surface area (Å²) in [4.78, 5) is 8.85. The van der Waals surface area contributed by atoms with Gasteiger partial charge in [0.2, 0.25) is 0 Å². The molecule has 1 fully saturated rings. The molecule has 0 aromatic carbocycles. The van der Waals surface area contributed by atoms with Gasteiger partial charge < -0.3 is 15.1 Å². The summed E-state index contributed by atoms with van der Waals surface area (Å²) >= 11 is 0. The molecule has 1 aliphatic rings. The number of β-amino-alcohol motifs (C(OH)–C–C–N with tert-alkyl or cyclic N) is 1. The first-order valence-corrected chi connectivity index (χ1v) is 6.73. The van der Waals surface area contributed by atoms with E-state index in [4.69, 9.17) is 5.11 Å². The summed E-state index contributed by atoms with van der Waals surface area (Å²) in [5, 5.41) is 19.0. The standard InChI is InChI=1S/C14H23N3O2/c1-14(2,19)11-16-5-7-17(8-6-16)13-9-12(10-18)3-4-15-13/h3-4,9,18-19H,5-8,10-11H2,1-2H3. The number of piperazine rings is 1. The molecule has 1 saturated heterocycles. The third-order valence-electron chi connectivity index (χ3n) is 3.30. The van der Waals surface area contributed by atoms with E-state index in [0.717, 1.165) is 37.6 Å².